The van der Waals surface area contributed by atoms with Gasteiger partial charge in [0, 0.05) is 26.2 Å². The van der Waals surface area contributed by atoms with Crippen LogP contribution in [0.4, 0.5) is 11.6 Å². The molecule has 0 unspecified atom stereocenters. The molecule has 3 aromatic rings. The Labute approximate surface area is 116 Å². The molecule has 3 rings (SSSR count). The number of nitrogens with two attached hydrogens (primary N) is 1. The summed E-state index contributed by atoms with van der Waals surface area (Å²) in [6.07, 6.45) is 2.74. The summed E-state index contributed by atoms with van der Waals surface area (Å²) < 4.78 is 1.79. The highest BCUT2D eigenvalue weighted by atomic mass is 15.2. The molecule has 2 heterocycles. The van der Waals surface area contributed by atoms with Crippen molar-refractivity contribution in [2.75, 3.05) is 17.6 Å². The number of hydrogen-bond acceptors (Lipinski definition) is 5. The van der Waals surface area contributed by atoms with Crippen molar-refractivity contribution in [1.29, 1.82) is 0 Å². The largest absolute Gasteiger partial charge is 0.381 e. The van der Waals surface area contributed by atoms with Gasteiger partial charge in [0.1, 0.15) is 0 Å². The van der Waals surface area contributed by atoms with Gasteiger partial charge in [-0.05, 0) is 18.2 Å². The lowest BCUT2D eigenvalue weighted by molar-refractivity contribution is 0.742. The molecule has 6 nitrogen and oxygen atoms in total. The Morgan fingerprint density at radius 3 is 2.60 bits per heavy atom. The predicted octanol–water partition coefficient (Wildman–Crippen LogP) is 1.60. The van der Waals surface area contributed by atoms with Crippen molar-refractivity contribution in [3.05, 3.63) is 42.2 Å². The third kappa shape index (κ3) is 2.54. The van der Waals surface area contributed by atoms with Crippen LogP contribution in [0.15, 0.2) is 36.5 Å². The fraction of sp³-hybridized carbons (Fsp3) is 0.214. The highest BCUT2D eigenvalue weighted by Crippen LogP contribution is 2.18. The smallest absolute Gasteiger partial charge is 0.169 e. The molecule has 0 fully saturated rings. The fourth-order valence-electron chi connectivity index (χ4n) is 2.05. The summed E-state index contributed by atoms with van der Waals surface area (Å²) in [7, 11) is 1.91. The monoisotopic (exact) mass is 268 g/mol. The number of nitrogen functional groups attached to an aromatic ring is 1. The minimum absolute atomic E-state index is 0.421. The van der Waals surface area contributed by atoms with Crippen molar-refractivity contribution in [2.24, 2.45) is 7.05 Å². The van der Waals surface area contributed by atoms with Crippen molar-refractivity contribution >= 4 is 22.7 Å². The highest BCUT2D eigenvalue weighted by Gasteiger charge is 2.05. The Bertz CT molecular complexity index is 733. The molecular formula is C14H16N6. The molecule has 0 radical (unpaired) electrons. The van der Waals surface area contributed by atoms with E-state index >= 15 is 0 Å². The maximum Gasteiger partial charge on any atom is 0.169 e. The first kappa shape index (κ1) is 12.4. The Kier molecular flexibility index (Phi) is 3.20. The fourth-order valence-corrected chi connectivity index (χ4v) is 2.05. The quantitative estimate of drug-likeness (QED) is 0.751. The molecule has 0 saturated heterocycles. The lowest BCUT2D eigenvalue weighted by Crippen LogP contribution is -2.10. The summed E-state index contributed by atoms with van der Waals surface area (Å²) in [4.78, 5) is 8.83. The zero-order chi connectivity index (χ0) is 13.9. The van der Waals surface area contributed by atoms with E-state index in [1.54, 1.807) is 4.68 Å². The molecule has 0 aliphatic heterocycles. The van der Waals surface area contributed by atoms with Crippen LogP contribution in [0.25, 0.3) is 11.0 Å². The van der Waals surface area contributed by atoms with E-state index in [0.29, 0.717) is 18.2 Å². The first-order valence-electron chi connectivity index (χ1n) is 6.47. The van der Waals surface area contributed by atoms with E-state index in [1.165, 1.54) is 0 Å². The molecule has 6 heteroatoms. The summed E-state index contributed by atoms with van der Waals surface area (Å²) in [5.74, 6) is 1.05. The van der Waals surface area contributed by atoms with Crippen LogP contribution in [-0.4, -0.2) is 26.3 Å². The second-order valence-corrected chi connectivity index (χ2v) is 4.60. The number of nitrogens with one attached hydrogen (secondary N) is 1. The number of hydrogen-bond donors (Lipinski definition) is 2. The number of fused-ring (bicyclic) bond motifs is 1. The maximum atomic E-state index is 5.91. The molecule has 0 amide bonds. The van der Waals surface area contributed by atoms with Crippen molar-refractivity contribution in [3.63, 3.8) is 0 Å². The summed E-state index contributed by atoms with van der Waals surface area (Å²) in [6, 6.07) is 9.68. The molecule has 0 aliphatic carbocycles. The second kappa shape index (κ2) is 5.16. The maximum absolute atomic E-state index is 5.91. The number of para-hydroxylation sites is 2. The van der Waals surface area contributed by atoms with Gasteiger partial charge in [0.2, 0.25) is 0 Å². The zero-order valence-electron chi connectivity index (χ0n) is 11.2. The zero-order valence-corrected chi connectivity index (χ0v) is 11.2. The van der Waals surface area contributed by atoms with Gasteiger partial charge in [-0.3, -0.25) is 4.68 Å². The number of nitrogens with zero attached hydrogens (tertiary/aromatic N) is 4. The number of aryl methyl sites for hydroxylation is 1. The van der Waals surface area contributed by atoms with Gasteiger partial charge in [0.05, 0.1) is 16.7 Å². The molecule has 20 heavy (non-hydrogen) atoms. The van der Waals surface area contributed by atoms with Crippen LogP contribution in [-0.2, 0) is 13.5 Å². The molecule has 0 aliphatic rings. The number of rotatable bonds is 4. The van der Waals surface area contributed by atoms with Gasteiger partial charge in [0.25, 0.3) is 0 Å². The van der Waals surface area contributed by atoms with Crippen molar-refractivity contribution in [2.45, 2.75) is 6.42 Å². The van der Waals surface area contributed by atoms with Crippen LogP contribution in [0.3, 0.4) is 0 Å². The van der Waals surface area contributed by atoms with E-state index in [4.69, 9.17) is 5.73 Å². The molecular weight excluding hydrogens is 252 g/mol. The SMILES string of the molecule is Cn1ccc(CCNc2nc3ccccc3nc2N)n1. The minimum Gasteiger partial charge on any atom is -0.381 e. The van der Waals surface area contributed by atoms with Crippen molar-refractivity contribution in [3.8, 4) is 0 Å². The summed E-state index contributed by atoms with van der Waals surface area (Å²) in [6.45, 7) is 0.717. The van der Waals surface area contributed by atoms with E-state index in [-0.39, 0.29) is 0 Å². The standard InChI is InChI=1S/C14H16N6/c1-20-9-7-10(19-20)6-8-16-14-13(15)17-11-4-2-3-5-12(11)18-14/h2-5,7,9H,6,8H2,1H3,(H2,15,17)(H,16,18). The summed E-state index contributed by atoms with van der Waals surface area (Å²) in [5, 5.41) is 7.54. The third-order valence-corrected chi connectivity index (χ3v) is 3.04. The van der Waals surface area contributed by atoms with E-state index in [2.05, 4.69) is 20.4 Å². The Morgan fingerprint density at radius 2 is 1.90 bits per heavy atom. The Balaban J connectivity index is 1.72. The van der Waals surface area contributed by atoms with Gasteiger partial charge in [-0.2, -0.15) is 5.10 Å². The lowest BCUT2D eigenvalue weighted by atomic mass is 10.3. The second-order valence-electron chi connectivity index (χ2n) is 4.60. The first-order valence-corrected chi connectivity index (χ1v) is 6.47. The number of anilines is 2. The molecule has 0 spiro atoms. The van der Waals surface area contributed by atoms with Crippen LogP contribution in [0.5, 0.6) is 0 Å². The molecule has 0 bridgehead atoms. The Morgan fingerprint density at radius 1 is 1.15 bits per heavy atom. The van der Waals surface area contributed by atoms with Crippen LogP contribution in [0.1, 0.15) is 5.69 Å². The van der Waals surface area contributed by atoms with Crippen LogP contribution >= 0.6 is 0 Å². The van der Waals surface area contributed by atoms with Crippen molar-refractivity contribution in [1.82, 2.24) is 19.7 Å². The van der Waals surface area contributed by atoms with Crippen LogP contribution < -0.4 is 11.1 Å². The molecule has 3 N–H and O–H groups in total. The van der Waals surface area contributed by atoms with Crippen LogP contribution in [0.2, 0.25) is 0 Å². The van der Waals surface area contributed by atoms with Crippen molar-refractivity contribution < 1.29 is 0 Å². The normalized spacial score (nSPS) is 10.8. The van der Waals surface area contributed by atoms with Gasteiger partial charge in [0.15, 0.2) is 11.6 Å². The topological polar surface area (TPSA) is 81.7 Å². The van der Waals surface area contributed by atoms with Gasteiger partial charge < -0.3 is 11.1 Å². The molecule has 1 aromatic carbocycles. The third-order valence-electron chi connectivity index (χ3n) is 3.04. The average molecular weight is 268 g/mol. The predicted molar refractivity (Wildman–Crippen MR) is 79.4 cm³/mol. The Hall–Kier alpha value is -2.63. The molecule has 2 aromatic heterocycles. The molecule has 0 saturated carbocycles. The molecule has 102 valence electrons. The summed E-state index contributed by atoms with van der Waals surface area (Å²) in [5.41, 5.74) is 8.59. The van der Waals surface area contributed by atoms with E-state index in [0.717, 1.165) is 23.1 Å². The van der Waals surface area contributed by atoms with E-state index < -0.39 is 0 Å². The summed E-state index contributed by atoms with van der Waals surface area (Å²) >= 11 is 0. The van der Waals surface area contributed by atoms with Gasteiger partial charge >= 0.3 is 0 Å². The number of benzene rings is 1. The molecule has 0 atom stereocenters. The average Bonchev–Trinajstić information content (AvgIpc) is 2.85. The van der Waals surface area contributed by atoms with E-state index in [1.807, 2.05) is 43.6 Å². The highest BCUT2D eigenvalue weighted by molar-refractivity contribution is 5.79. The van der Waals surface area contributed by atoms with Gasteiger partial charge in [-0.15, -0.1) is 0 Å². The van der Waals surface area contributed by atoms with Crippen LogP contribution in [0, 0.1) is 0 Å². The number of aromatic nitrogens is 4. The van der Waals surface area contributed by atoms with Gasteiger partial charge in [-0.25, -0.2) is 9.97 Å². The minimum atomic E-state index is 0.421. The lowest BCUT2D eigenvalue weighted by Gasteiger charge is -2.08. The van der Waals surface area contributed by atoms with Gasteiger partial charge in [-0.1, -0.05) is 12.1 Å². The van der Waals surface area contributed by atoms with E-state index in [9.17, 15) is 0 Å². The first-order chi connectivity index (χ1) is 9.72.